The standard InChI is InChI=1S/C28H27N5O4/c1-35-26-10-22-21-9-24(33-28(30)23(21)14-32-25(22)11-27(26)36-2)17-8-20(13-31-12-17)37-15-18(29)7-16-3-5-19(34)6-4-16/h3-6,8-14,18,34H,7,15,29H2,1-2H3,(H2,30,33)/t18-/m0/s1. The summed E-state index contributed by atoms with van der Waals surface area (Å²) in [6.45, 7) is 0.303. The number of aromatic nitrogens is 3. The smallest absolute Gasteiger partial charge is 0.162 e. The van der Waals surface area contributed by atoms with E-state index in [0.29, 0.717) is 41.8 Å². The minimum absolute atomic E-state index is 0.225. The first kappa shape index (κ1) is 24.1. The third-order valence-electron chi connectivity index (χ3n) is 6.12. The van der Waals surface area contributed by atoms with Gasteiger partial charge in [0.1, 0.15) is 23.9 Å². The monoisotopic (exact) mass is 497 g/mol. The molecule has 5 rings (SSSR count). The lowest BCUT2D eigenvalue weighted by atomic mass is 10.0. The van der Waals surface area contributed by atoms with Gasteiger partial charge in [0.25, 0.3) is 0 Å². The molecule has 0 radical (unpaired) electrons. The van der Waals surface area contributed by atoms with Crippen LogP contribution in [0.4, 0.5) is 5.82 Å². The van der Waals surface area contributed by atoms with E-state index in [4.69, 9.17) is 25.7 Å². The van der Waals surface area contributed by atoms with Gasteiger partial charge in [-0.25, -0.2) is 4.98 Å². The Kier molecular flexibility index (Phi) is 6.61. The minimum atomic E-state index is -0.228. The van der Waals surface area contributed by atoms with Gasteiger partial charge in [-0.2, -0.15) is 0 Å². The number of anilines is 1. The van der Waals surface area contributed by atoms with E-state index >= 15 is 0 Å². The lowest BCUT2D eigenvalue weighted by Gasteiger charge is -2.14. The highest BCUT2D eigenvalue weighted by molar-refractivity contribution is 6.10. The van der Waals surface area contributed by atoms with Crippen molar-refractivity contribution in [3.63, 3.8) is 0 Å². The number of methoxy groups -OCH3 is 2. The van der Waals surface area contributed by atoms with Gasteiger partial charge in [0.05, 0.1) is 31.6 Å². The summed E-state index contributed by atoms with van der Waals surface area (Å²) in [7, 11) is 3.18. The average molecular weight is 498 g/mol. The number of benzene rings is 2. The lowest BCUT2D eigenvalue weighted by molar-refractivity contribution is 0.286. The van der Waals surface area contributed by atoms with Gasteiger partial charge in [0, 0.05) is 40.8 Å². The molecule has 2 aromatic carbocycles. The molecule has 0 fully saturated rings. The normalized spacial score (nSPS) is 12.0. The maximum atomic E-state index is 9.45. The maximum Gasteiger partial charge on any atom is 0.162 e. The molecule has 1 atom stereocenters. The van der Waals surface area contributed by atoms with E-state index in [1.807, 2.05) is 36.4 Å². The van der Waals surface area contributed by atoms with Crippen LogP contribution in [0.15, 0.2) is 67.1 Å². The van der Waals surface area contributed by atoms with Crippen LogP contribution in [0, 0.1) is 0 Å². The summed E-state index contributed by atoms with van der Waals surface area (Å²) in [5, 5.41) is 11.9. The molecule has 0 bridgehead atoms. The second-order valence-corrected chi connectivity index (χ2v) is 8.69. The maximum absolute atomic E-state index is 9.45. The predicted octanol–water partition coefficient (Wildman–Crippen LogP) is 4.10. The third kappa shape index (κ3) is 5.03. The van der Waals surface area contributed by atoms with Crippen LogP contribution in [-0.2, 0) is 6.42 Å². The van der Waals surface area contributed by atoms with Gasteiger partial charge in [-0.05, 0) is 47.7 Å². The van der Waals surface area contributed by atoms with E-state index < -0.39 is 0 Å². The van der Waals surface area contributed by atoms with Crippen LogP contribution in [0.3, 0.4) is 0 Å². The first-order chi connectivity index (χ1) is 17.9. The molecular formula is C28H27N5O4. The van der Waals surface area contributed by atoms with E-state index in [2.05, 4.69) is 15.0 Å². The molecule has 188 valence electrons. The fourth-order valence-electron chi connectivity index (χ4n) is 4.24. The molecule has 5 N–H and O–H groups in total. The largest absolute Gasteiger partial charge is 0.508 e. The van der Waals surface area contributed by atoms with Gasteiger partial charge in [0.15, 0.2) is 11.5 Å². The number of hydrogen-bond acceptors (Lipinski definition) is 9. The zero-order valence-corrected chi connectivity index (χ0v) is 20.5. The molecule has 0 aliphatic rings. The summed E-state index contributed by atoms with van der Waals surface area (Å²) >= 11 is 0. The number of nitrogen functional groups attached to an aromatic ring is 1. The Morgan fingerprint density at radius 3 is 2.41 bits per heavy atom. The van der Waals surface area contributed by atoms with Crippen molar-refractivity contribution in [1.82, 2.24) is 15.0 Å². The molecule has 3 aromatic heterocycles. The fourth-order valence-corrected chi connectivity index (χ4v) is 4.24. The van der Waals surface area contributed by atoms with E-state index in [-0.39, 0.29) is 11.8 Å². The van der Waals surface area contributed by atoms with Crippen LogP contribution in [0.25, 0.3) is 32.9 Å². The van der Waals surface area contributed by atoms with Gasteiger partial charge >= 0.3 is 0 Å². The van der Waals surface area contributed by atoms with Crippen molar-refractivity contribution in [1.29, 1.82) is 0 Å². The SMILES string of the molecule is COc1cc2ncc3c(N)nc(-c4cncc(OC[C@@H](N)Cc5ccc(O)cc5)c4)cc3c2cc1OC. The van der Waals surface area contributed by atoms with Gasteiger partial charge in [-0.15, -0.1) is 0 Å². The van der Waals surface area contributed by atoms with Gasteiger partial charge in [-0.1, -0.05) is 12.1 Å². The van der Waals surface area contributed by atoms with Crippen LogP contribution >= 0.6 is 0 Å². The van der Waals surface area contributed by atoms with Crippen LogP contribution in [0.2, 0.25) is 0 Å². The summed E-state index contributed by atoms with van der Waals surface area (Å²) in [6, 6.07) is 14.3. The predicted molar refractivity (Wildman–Crippen MR) is 143 cm³/mol. The summed E-state index contributed by atoms with van der Waals surface area (Å²) < 4.78 is 16.8. The molecule has 3 heterocycles. The summed E-state index contributed by atoms with van der Waals surface area (Å²) in [6.07, 6.45) is 5.68. The third-order valence-corrected chi connectivity index (χ3v) is 6.12. The Balaban J connectivity index is 1.43. The van der Waals surface area contributed by atoms with Crippen LogP contribution in [0.5, 0.6) is 23.0 Å². The van der Waals surface area contributed by atoms with Crippen LogP contribution in [-0.4, -0.2) is 46.9 Å². The number of rotatable bonds is 8. The van der Waals surface area contributed by atoms with Crippen molar-refractivity contribution in [2.45, 2.75) is 12.5 Å². The van der Waals surface area contributed by atoms with Crippen molar-refractivity contribution in [3.8, 4) is 34.3 Å². The Labute approximate surface area is 213 Å². The van der Waals surface area contributed by atoms with Crippen LogP contribution in [0.1, 0.15) is 5.56 Å². The topological polar surface area (TPSA) is 139 Å². The van der Waals surface area contributed by atoms with Gasteiger partial charge < -0.3 is 30.8 Å². The number of nitrogens with zero attached hydrogens (tertiary/aromatic N) is 3. The summed E-state index contributed by atoms with van der Waals surface area (Å²) in [4.78, 5) is 13.5. The molecule has 0 aliphatic heterocycles. The molecule has 0 aliphatic carbocycles. The second kappa shape index (κ2) is 10.2. The highest BCUT2D eigenvalue weighted by atomic mass is 16.5. The fraction of sp³-hybridized carbons (Fsp3) is 0.179. The van der Waals surface area contributed by atoms with Crippen LogP contribution < -0.4 is 25.7 Å². The van der Waals surface area contributed by atoms with Crippen molar-refractivity contribution < 1.29 is 19.3 Å². The molecule has 37 heavy (non-hydrogen) atoms. The van der Waals surface area contributed by atoms with Crippen molar-refractivity contribution >= 4 is 27.5 Å². The number of phenolic OH excluding ortho intramolecular Hbond substituents is 1. The van der Waals surface area contributed by atoms with Gasteiger partial charge in [-0.3, -0.25) is 9.97 Å². The highest BCUT2D eigenvalue weighted by Crippen LogP contribution is 2.37. The average Bonchev–Trinajstić information content (AvgIpc) is 2.92. The van der Waals surface area contributed by atoms with E-state index in [1.165, 1.54) is 0 Å². The quantitative estimate of drug-likeness (QED) is 0.270. The lowest BCUT2D eigenvalue weighted by Crippen LogP contribution is -2.30. The van der Waals surface area contributed by atoms with Gasteiger partial charge in [0.2, 0.25) is 0 Å². The zero-order valence-electron chi connectivity index (χ0n) is 20.5. The molecule has 0 saturated carbocycles. The number of ether oxygens (including phenoxy) is 3. The molecule has 9 nitrogen and oxygen atoms in total. The van der Waals surface area contributed by atoms with E-state index in [1.54, 1.807) is 44.9 Å². The Bertz CT molecular complexity index is 1570. The molecule has 5 aromatic rings. The van der Waals surface area contributed by atoms with E-state index in [9.17, 15) is 5.11 Å². The Morgan fingerprint density at radius 1 is 0.892 bits per heavy atom. The zero-order chi connectivity index (χ0) is 25.9. The number of pyridine rings is 3. The molecule has 9 heteroatoms. The summed E-state index contributed by atoms with van der Waals surface area (Å²) in [5.74, 6) is 2.36. The first-order valence-corrected chi connectivity index (χ1v) is 11.7. The Morgan fingerprint density at radius 2 is 1.65 bits per heavy atom. The second-order valence-electron chi connectivity index (χ2n) is 8.69. The first-order valence-electron chi connectivity index (χ1n) is 11.7. The number of phenols is 1. The highest BCUT2D eigenvalue weighted by Gasteiger charge is 2.14. The molecule has 0 amide bonds. The van der Waals surface area contributed by atoms with E-state index in [0.717, 1.165) is 32.8 Å². The molecule has 0 spiro atoms. The number of nitrogens with two attached hydrogens (primary N) is 2. The number of hydrogen-bond donors (Lipinski definition) is 3. The number of aromatic hydroxyl groups is 1. The minimum Gasteiger partial charge on any atom is -0.508 e. The van der Waals surface area contributed by atoms with Crippen molar-refractivity contribution in [2.75, 3.05) is 26.6 Å². The molecular weight excluding hydrogens is 470 g/mol. The van der Waals surface area contributed by atoms with Crippen molar-refractivity contribution in [3.05, 3.63) is 72.7 Å². The molecule has 0 unspecified atom stereocenters. The summed E-state index contributed by atoms with van der Waals surface area (Å²) in [5.41, 5.74) is 15.8. The molecule has 0 saturated heterocycles. The number of fused-ring (bicyclic) bond motifs is 3. The Hall–Kier alpha value is -4.63. The van der Waals surface area contributed by atoms with Crippen molar-refractivity contribution in [2.24, 2.45) is 5.73 Å².